The summed E-state index contributed by atoms with van der Waals surface area (Å²) in [6, 6.07) is 0. The highest BCUT2D eigenvalue weighted by Gasteiger charge is 2.38. The van der Waals surface area contributed by atoms with Crippen LogP contribution >= 0.6 is 0 Å². The zero-order valence-corrected chi connectivity index (χ0v) is 18.6. The van der Waals surface area contributed by atoms with Gasteiger partial charge >= 0.3 is 0 Å². The molecule has 0 unspecified atom stereocenters. The van der Waals surface area contributed by atoms with Crippen molar-refractivity contribution in [2.45, 2.75) is 121 Å². The SMILES string of the molecule is CCCCCCCCC/C=C/CCCCCCCO[C@H]1[C@H](O)[C@@H](CO)OC[C@@H]1O. The minimum atomic E-state index is -0.975. The zero-order valence-electron chi connectivity index (χ0n) is 18.6. The van der Waals surface area contributed by atoms with Crippen LogP contribution in [-0.2, 0) is 9.47 Å². The Morgan fingerprint density at radius 2 is 1.38 bits per heavy atom. The Kier molecular flexibility index (Phi) is 16.8. The number of allylic oxidation sites excluding steroid dienone is 2. The third kappa shape index (κ3) is 12.7. The standard InChI is InChI=1S/C24H46O5/c1-2-3-4-5-6-7-8-9-10-11-12-13-14-15-16-17-18-28-24-21(26)20-29-22(19-25)23(24)27/h10-11,21-27H,2-9,12-20H2,1H3/b11-10+/t21-,22+,23+,24+/m0/s1. The smallest absolute Gasteiger partial charge is 0.114 e. The molecule has 1 aliphatic heterocycles. The van der Waals surface area contributed by atoms with Crippen molar-refractivity contribution in [2.24, 2.45) is 0 Å². The third-order valence-corrected chi connectivity index (χ3v) is 5.72. The second-order valence-corrected chi connectivity index (χ2v) is 8.39. The average Bonchev–Trinajstić information content (AvgIpc) is 2.72. The third-order valence-electron chi connectivity index (χ3n) is 5.72. The van der Waals surface area contributed by atoms with E-state index >= 15 is 0 Å². The molecule has 172 valence electrons. The van der Waals surface area contributed by atoms with Crippen LogP contribution in [0.1, 0.15) is 96.8 Å². The maximum atomic E-state index is 10.1. The van der Waals surface area contributed by atoms with Crippen LogP contribution in [0.2, 0.25) is 0 Å². The van der Waals surface area contributed by atoms with E-state index in [1.165, 1.54) is 77.0 Å². The second kappa shape index (κ2) is 18.3. The van der Waals surface area contributed by atoms with E-state index in [4.69, 9.17) is 14.6 Å². The van der Waals surface area contributed by atoms with Gasteiger partial charge in [0.2, 0.25) is 0 Å². The molecule has 1 fully saturated rings. The molecule has 0 aromatic carbocycles. The monoisotopic (exact) mass is 414 g/mol. The van der Waals surface area contributed by atoms with Gasteiger partial charge < -0.3 is 24.8 Å². The second-order valence-electron chi connectivity index (χ2n) is 8.39. The predicted molar refractivity (Wildman–Crippen MR) is 118 cm³/mol. The van der Waals surface area contributed by atoms with E-state index in [-0.39, 0.29) is 13.2 Å². The van der Waals surface area contributed by atoms with Gasteiger partial charge in [0.25, 0.3) is 0 Å². The molecule has 4 atom stereocenters. The van der Waals surface area contributed by atoms with Crippen LogP contribution < -0.4 is 0 Å². The Morgan fingerprint density at radius 1 is 0.828 bits per heavy atom. The lowest BCUT2D eigenvalue weighted by atomic mass is 10.0. The summed E-state index contributed by atoms with van der Waals surface area (Å²) in [4.78, 5) is 0. The summed E-state index contributed by atoms with van der Waals surface area (Å²) in [5, 5.41) is 29.1. The normalized spacial score (nSPS) is 25.1. The van der Waals surface area contributed by atoms with Gasteiger partial charge in [-0.3, -0.25) is 0 Å². The van der Waals surface area contributed by atoms with Crippen LogP contribution in [0.4, 0.5) is 0 Å². The summed E-state index contributed by atoms with van der Waals surface area (Å²) < 4.78 is 10.8. The van der Waals surface area contributed by atoms with E-state index in [2.05, 4.69) is 19.1 Å². The molecule has 1 heterocycles. The molecule has 0 aromatic heterocycles. The Labute approximate surface area is 178 Å². The Bertz CT molecular complexity index is 387. The Balaban J connectivity index is 1.87. The molecular weight excluding hydrogens is 368 g/mol. The van der Waals surface area contributed by atoms with E-state index in [1.807, 2.05) is 0 Å². The van der Waals surface area contributed by atoms with Crippen LogP contribution in [0.5, 0.6) is 0 Å². The number of hydrogen-bond donors (Lipinski definition) is 3. The number of hydrogen-bond acceptors (Lipinski definition) is 5. The van der Waals surface area contributed by atoms with Crippen molar-refractivity contribution < 1.29 is 24.8 Å². The van der Waals surface area contributed by atoms with Gasteiger partial charge in [-0.1, -0.05) is 76.9 Å². The summed E-state index contributed by atoms with van der Waals surface area (Å²) in [5.74, 6) is 0. The van der Waals surface area contributed by atoms with Gasteiger partial charge in [0.1, 0.15) is 24.4 Å². The maximum absolute atomic E-state index is 10.1. The lowest BCUT2D eigenvalue weighted by Gasteiger charge is -2.37. The summed E-state index contributed by atoms with van der Waals surface area (Å²) in [6.45, 7) is 2.62. The molecule has 0 radical (unpaired) electrons. The van der Waals surface area contributed by atoms with Crippen LogP contribution in [0.15, 0.2) is 12.2 Å². The van der Waals surface area contributed by atoms with Crippen molar-refractivity contribution in [3.05, 3.63) is 12.2 Å². The molecule has 0 amide bonds. The topological polar surface area (TPSA) is 79.2 Å². The molecule has 1 rings (SSSR count). The van der Waals surface area contributed by atoms with Gasteiger partial charge in [-0.2, -0.15) is 0 Å². The van der Waals surface area contributed by atoms with E-state index in [1.54, 1.807) is 0 Å². The molecule has 5 heteroatoms. The molecule has 0 aliphatic carbocycles. The fraction of sp³-hybridized carbons (Fsp3) is 0.917. The van der Waals surface area contributed by atoms with Gasteiger partial charge in [-0.15, -0.1) is 0 Å². The van der Waals surface area contributed by atoms with Gasteiger partial charge in [-0.05, 0) is 32.1 Å². The zero-order chi connectivity index (χ0) is 21.2. The van der Waals surface area contributed by atoms with Crippen molar-refractivity contribution in [3.8, 4) is 0 Å². The molecule has 3 N–H and O–H groups in total. The fourth-order valence-corrected chi connectivity index (χ4v) is 3.79. The molecular formula is C24H46O5. The van der Waals surface area contributed by atoms with Crippen molar-refractivity contribution in [1.29, 1.82) is 0 Å². The number of rotatable bonds is 18. The van der Waals surface area contributed by atoms with Gasteiger partial charge in [0.15, 0.2) is 0 Å². The number of unbranched alkanes of at least 4 members (excludes halogenated alkanes) is 12. The highest BCUT2D eigenvalue weighted by Crippen LogP contribution is 2.19. The van der Waals surface area contributed by atoms with Crippen LogP contribution in [0.3, 0.4) is 0 Å². The quantitative estimate of drug-likeness (QED) is 0.227. The largest absolute Gasteiger partial charge is 0.394 e. The lowest BCUT2D eigenvalue weighted by Crippen LogP contribution is -2.55. The lowest BCUT2D eigenvalue weighted by molar-refractivity contribution is -0.210. The van der Waals surface area contributed by atoms with Crippen molar-refractivity contribution >= 4 is 0 Å². The molecule has 0 spiro atoms. The van der Waals surface area contributed by atoms with Crippen LogP contribution in [0.25, 0.3) is 0 Å². The predicted octanol–water partition coefficient (Wildman–Crippen LogP) is 4.52. The van der Waals surface area contributed by atoms with Crippen LogP contribution in [0, 0.1) is 0 Å². The fourth-order valence-electron chi connectivity index (χ4n) is 3.79. The number of aliphatic hydroxyl groups is 3. The maximum Gasteiger partial charge on any atom is 0.114 e. The highest BCUT2D eigenvalue weighted by atomic mass is 16.6. The van der Waals surface area contributed by atoms with E-state index < -0.39 is 24.4 Å². The minimum Gasteiger partial charge on any atom is -0.394 e. The number of ether oxygens (including phenoxy) is 2. The molecule has 5 nitrogen and oxygen atoms in total. The minimum absolute atomic E-state index is 0.0967. The van der Waals surface area contributed by atoms with E-state index in [0.717, 1.165) is 12.8 Å². The van der Waals surface area contributed by atoms with Crippen molar-refractivity contribution in [1.82, 2.24) is 0 Å². The van der Waals surface area contributed by atoms with Crippen molar-refractivity contribution in [3.63, 3.8) is 0 Å². The van der Waals surface area contributed by atoms with E-state index in [0.29, 0.717) is 6.61 Å². The molecule has 0 saturated carbocycles. The Morgan fingerprint density at radius 3 is 1.97 bits per heavy atom. The molecule has 0 aromatic rings. The van der Waals surface area contributed by atoms with Gasteiger partial charge in [0.05, 0.1) is 13.2 Å². The summed E-state index contributed by atoms with van der Waals surface area (Å²) >= 11 is 0. The summed E-state index contributed by atoms with van der Waals surface area (Å²) in [6.07, 6.45) is 19.3. The number of aliphatic hydroxyl groups excluding tert-OH is 3. The molecule has 0 bridgehead atoms. The summed E-state index contributed by atoms with van der Waals surface area (Å²) in [7, 11) is 0. The first kappa shape index (κ1) is 26.6. The van der Waals surface area contributed by atoms with Gasteiger partial charge in [-0.25, -0.2) is 0 Å². The highest BCUT2D eigenvalue weighted by molar-refractivity contribution is 4.87. The van der Waals surface area contributed by atoms with Gasteiger partial charge in [0, 0.05) is 6.61 Å². The molecule has 29 heavy (non-hydrogen) atoms. The Hall–Kier alpha value is -0.460. The first-order chi connectivity index (χ1) is 14.2. The van der Waals surface area contributed by atoms with Crippen molar-refractivity contribution in [2.75, 3.05) is 19.8 Å². The first-order valence-corrected chi connectivity index (χ1v) is 12.1. The summed E-state index contributed by atoms with van der Waals surface area (Å²) in [5.41, 5.74) is 0. The van der Waals surface area contributed by atoms with E-state index in [9.17, 15) is 10.2 Å². The van der Waals surface area contributed by atoms with Crippen LogP contribution in [-0.4, -0.2) is 59.6 Å². The first-order valence-electron chi connectivity index (χ1n) is 12.1. The average molecular weight is 415 g/mol. The molecule has 1 aliphatic rings. The molecule has 1 saturated heterocycles.